The Morgan fingerprint density at radius 2 is 2.08 bits per heavy atom. The van der Waals surface area contributed by atoms with E-state index in [1.165, 1.54) is 0 Å². The monoisotopic (exact) mass is 254 g/mol. The van der Waals surface area contributed by atoms with Gasteiger partial charge in [-0.3, -0.25) is 0 Å². The molecule has 68 valence electrons. The molecule has 0 atom stereocenters. The molecule has 0 radical (unpaired) electrons. The van der Waals surface area contributed by atoms with Gasteiger partial charge in [0.15, 0.2) is 0 Å². The van der Waals surface area contributed by atoms with Gasteiger partial charge >= 0.3 is 0 Å². The van der Waals surface area contributed by atoms with Crippen molar-refractivity contribution in [1.82, 2.24) is 4.98 Å². The molecule has 0 unspecified atom stereocenters. The van der Waals surface area contributed by atoms with Crippen LogP contribution < -0.4 is 5.19 Å². The van der Waals surface area contributed by atoms with Crippen molar-refractivity contribution in [2.45, 2.75) is 19.6 Å². The number of hydrogen-bond acceptors (Lipinski definition) is 2. The van der Waals surface area contributed by atoms with Crippen molar-refractivity contribution in [3.8, 4) is 6.07 Å². The standard InChI is InChI=1S/C9H11BrN2Si/c1-13(2,3)8-4-5-12-9(10)7(8)6-11/h4-5H,1-3H3. The van der Waals surface area contributed by atoms with Gasteiger partial charge in [0, 0.05) is 6.20 Å². The Hall–Kier alpha value is -0.663. The van der Waals surface area contributed by atoms with Crippen LogP contribution >= 0.6 is 15.9 Å². The number of nitriles is 1. The fraction of sp³-hybridized carbons (Fsp3) is 0.333. The Balaban J connectivity index is 3.40. The average molecular weight is 255 g/mol. The van der Waals surface area contributed by atoms with Crippen LogP contribution in [-0.2, 0) is 0 Å². The zero-order chi connectivity index (χ0) is 10.1. The second-order valence-corrected chi connectivity index (χ2v) is 9.68. The summed E-state index contributed by atoms with van der Waals surface area (Å²) < 4.78 is 0.662. The minimum absolute atomic E-state index is 0.662. The lowest BCUT2D eigenvalue weighted by Gasteiger charge is -2.17. The van der Waals surface area contributed by atoms with Crippen LogP contribution in [0.3, 0.4) is 0 Å². The molecular weight excluding hydrogens is 244 g/mol. The van der Waals surface area contributed by atoms with Crippen molar-refractivity contribution in [3.63, 3.8) is 0 Å². The molecule has 0 saturated heterocycles. The van der Waals surface area contributed by atoms with E-state index in [-0.39, 0.29) is 0 Å². The quantitative estimate of drug-likeness (QED) is 0.570. The van der Waals surface area contributed by atoms with Crippen LogP contribution in [0.1, 0.15) is 5.56 Å². The third kappa shape index (κ3) is 2.17. The molecule has 0 bridgehead atoms. The molecular formula is C9H11BrN2Si. The maximum Gasteiger partial charge on any atom is 0.123 e. The Morgan fingerprint density at radius 3 is 2.46 bits per heavy atom. The van der Waals surface area contributed by atoms with Gasteiger partial charge in [0.05, 0.1) is 13.6 Å². The summed E-state index contributed by atoms with van der Waals surface area (Å²) in [5.74, 6) is 0. The molecule has 0 saturated carbocycles. The molecule has 0 aromatic carbocycles. The van der Waals surface area contributed by atoms with E-state index in [0.29, 0.717) is 10.2 Å². The smallest absolute Gasteiger partial charge is 0.123 e. The molecule has 2 nitrogen and oxygen atoms in total. The summed E-state index contributed by atoms with van der Waals surface area (Å²) in [6.45, 7) is 6.65. The number of halogens is 1. The summed E-state index contributed by atoms with van der Waals surface area (Å²) in [5, 5.41) is 10.1. The number of pyridine rings is 1. The summed E-state index contributed by atoms with van der Waals surface area (Å²) in [7, 11) is -1.42. The summed E-state index contributed by atoms with van der Waals surface area (Å²) in [6.07, 6.45) is 1.75. The van der Waals surface area contributed by atoms with Gasteiger partial charge in [-0.2, -0.15) is 5.26 Å². The fourth-order valence-electron chi connectivity index (χ4n) is 1.17. The van der Waals surface area contributed by atoms with Crippen LogP contribution in [-0.4, -0.2) is 13.1 Å². The molecule has 0 aliphatic heterocycles. The van der Waals surface area contributed by atoms with E-state index in [4.69, 9.17) is 5.26 Å². The van der Waals surface area contributed by atoms with Crippen molar-refractivity contribution >= 4 is 29.2 Å². The summed E-state index contributed by atoms with van der Waals surface area (Å²) in [6, 6.07) is 4.15. The van der Waals surface area contributed by atoms with Crippen LogP contribution in [0.2, 0.25) is 19.6 Å². The molecule has 0 aliphatic carbocycles. The summed E-state index contributed by atoms with van der Waals surface area (Å²) in [5.41, 5.74) is 0.696. The van der Waals surface area contributed by atoms with Crippen LogP contribution in [0, 0.1) is 11.3 Å². The van der Waals surface area contributed by atoms with Crippen molar-refractivity contribution in [1.29, 1.82) is 5.26 Å². The Labute approximate surface area is 87.8 Å². The molecule has 1 aromatic rings. The number of hydrogen-bond donors (Lipinski definition) is 0. The van der Waals surface area contributed by atoms with Gasteiger partial charge < -0.3 is 0 Å². The Kier molecular flexibility index (Phi) is 2.89. The Bertz CT molecular complexity index is 363. The predicted octanol–water partition coefficient (Wildman–Crippen LogP) is 2.26. The SMILES string of the molecule is C[Si](C)(C)c1ccnc(Br)c1C#N. The van der Waals surface area contributed by atoms with Gasteiger partial charge in [-0.15, -0.1) is 0 Å². The molecule has 1 rings (SSSR count). The minimum Gasteiger partial charge on any atom is -0.248 e. The van der Waals surface area contributed by atoms with Gasteiger partial charge in [-0.1, -0.05) is 19.6 Å². The third-order valence-electron chi connectivity index (χ3n) is 1.82. The minimum atomic E-state index is -1.42. The topological polar surface area (TPSA) is 36.7 Å². The molecule has 0 spiro atoms. The third-order valence-corrected chi connectivity index (χ3v) is 4.46. The van der Waals surface area contributed by atoms with Crippen molar-refractivity contribution in [2.24, 2.45) is 0 Å². The normalized spacial score (nSPS) is 11.0. The number of rotatable bonds is 1. The van der Waals surface area contributed by atoms with E-state index >= 15 is 0 Å². The van der Waals surface area contributed by atoms with Crippen LogP contribution in [0.15, 0.2) is 16.9 Å². The van der Waals surface area contributed by atoms with Crippen LogP contribution in [0.4, 0.5) is 0 Å². The van der Waals surface area contributed by atoms with Crippen LogP contribution in [0.25, 0.3) is 0 Å². The van der Waals surface area contributed by atoms with Crippen molar-refractivity contribution in [3.05, 3.63) is 22.4 Å². The van der Waals surface area contributed by atoms with Gasteiger partial charge in [0.2, 0.25) is 0 Å². The highest BCUT2D eigenvalue weighted by Crippen LogP contribution is 2.13. The van der Waals surface area contributed by atoms with E-state index in [1.807, 2.05) is 6.07 Å². The highest BCUT2D eigenvalue weighted by Gasteiger charge is 2.21. The maximum absolute atomic E-state index is 8.96. The second-order valence-electron chi connectivity index (χ2n) is 3.89. The molecule has 1 heterocycles. The first-order valence-corrected chi connectivity index (χ1v) is 8.31. The fourth-order valence-corrected chi connectivity index (χ4v) is 3.27. The van der Waals surface area contributed by atoms with Gasteiger partial charge in [0.1, 0.15) is 10.7 Å². The van der Waals surface area contributed by atoms with E-state index in [2.05, 4.69) is 46.6 Å². The lowest BCUT2D eigenvalue weighted by atomic mass is 10.3. The van der Waals surface area contributed by atoms with E-state index in [9.17, 15) is 0 Å². The molecule has 0 N–H and O–H groups in total. The first kappa shape index (κ1) is 10.4. The zero-order valence-corrected chi connectivity index (χ0v) is 10.5. The molecule has 0 amide bonds. The van der Waals surface area contributed by atoms with E-state index in [0.717, 1.165) is 5.19 Å². The van der Waals surface area contributed by atoms with Crippen LogP contribution in [0.5, 0.6) is 0 Å². The first-order chi connectivity index (χ1) is 5.96. The number of nitrogens with zero attached hydrogens (tertiary/aromatic N) is 2. The summed E-state index contributed by atoms with van der Waals surface area (Å²) in [4.78, 5) is 4.04. The predicted molar refractivity (Wildman–Crippen MR) is 59.6 cm³/mol. The molecule has 1 aromatic heterocycles. The largest absolute Gasteiger partial charge is 0.248 e. The van der Waals surface area contributed by atoms with E-state index in [1.54, 1.807) is 6.20 Å². The molecule has 4 heteroatoms. The second kappa shape index (κ2) is 3.60. The summed E-state index contributed by atoms with van der Waals surface area (Å²) >= 11 is 3.29. The van der Waals surface area contributed by atoms with Gasteiger partial charge in [-0.25, -0.2) is 4.98 Å². The average Bonchev–Trinajstić information content (AvgIpc) is 2.02. The number of aromatic nitrogens is 1. The molecule has 13 heavy (non-hydrogen) atoms. The first-order valence-electron chi connectivity index (χ1n) is 4.02. The molecule has 0 fully saturated rings. The Morgan fingerprint density at radius 1 is 1.46 bits per heavy atom. The van der Waals surface area contributed by atoms with Gasteiger partial charge in [0.25, 0.3) is 0 Å². The highest BCUT2D eigenvalue weighted by atomic mass is 79.9. The lowest BCUT2D eigenvalue weighted by Crippen LogP contribution is -2.39. The van der Waals surface area contributed by atoms with Crippen molar-refractivity contribution in [2.75, 3.05) is 0 Å². The zero-order valence-electron chi connectivity index (χ0n) is 7.93. The highest BCUT2D eigenvalue weighted by molar-refractivity contribution is 9.10. The lowest BCUT2D eigenvalue weighted by molar-refractivity contribution is 1.26. The molecule has 0 aliphatic rings. The maximum atomic E-state index is 8.96. The van der Waals surface area contributed by atoms with E-state index < -0.39 is 8.07 Å². The van der Waals surface area contributed by atoms with Crippen molar-refractivity contribution < 1.29 is 0 Å². The van der Waals surface area contributed by atoms with Gasteiger partial charge in [-0.05, 0) is 27.2 Å².